The van der Waals surface area contributed by atoms with E-state index in [1.165, 1.54) is 0 Å². The Balaban J connectivity index is 2.41. The molecule has 1 aromatic rings. The molecule has 0 aliphatic rings. The van der Waals surface area contributed by atoms with Gasteiger partial charge in [0.05, 0.1) is 23.4 Å². The minimum atomic E-state index is -2.99. The predicted molar refractivity (Wildman–Crippen MR) is 85.3 cm³/mol. The smallest absolute Gasteiger partial charge is 0.153 e. The zero-order valence-corrected chi connectivity index (χ0v) is 14.2. The second-order valence-electron chi connectivity index (χ2n) is 6.09. The molecule has 1 heterocycles. The van der Waals surface area contributed by atoms with Crippen molar-refractivity contribution in [1.29, 1.82) is 0 Å². The van der Waals surface area contributed by atoms with E-state index >= 15 is 0 Å². The van der Waals surface area contributed by atoms with Crippen molar-refractivity contribution in [2.24, 2.45) is 0 Å². The fourth-order valence-electron chi connectivity index (χ4n) is 1.66. The minimum Gasteiger partial charge on any atom is -0.491 e. The molecule has 0 aromatic carbocycles. The lowest BCUT2D eigenvalue weighted by Gasteiger charge is -2.20. The summed E-state index contributed by atoms with van der Waals surface area (Å²) >= 11 is 0. The van der Waals surface area contributed by atoms with Crippen molar-refractivity contribution in [3.05, 3.63) is 24.0 Å². The van der Waals surface area contributed by atoms with Crippen molar-refractivity contribution in [3.63, 3.8) is 0 Å². The highest BCUT2D eigenvalue weighted by atomic mass is 32.2. The van der Waals surface area contributed by atoms with Gasteiger partial charge in [0, 0.05) is 12.1 Å². The highest BCUT2D eigenvalue weighted by molar-refractivity contribution is 7.91. The van der Waals surface area contributed by atoms with E-state index in [1.807, 2.05) is 19.1 Å². The van der Waals surface area contributed by atoms with Crippen LogP contribution >= 0.6 is 0 Å². The first-order valence-electron chi connectivity index (χ1n) is 7.25. The highest BCUT2D eigenvalue weighted by Crippen LogP contribution is 2.10. The summed E-state index contributed by atoms with van der Waals surface area (Å²) in [5.41, 5.74) is 0.973. The van der Waals surface area contributed by atoms with Crippen LogP contribution in [0.5, 0.6) is 5.75 Å². The molecule has 1 rings (SSSR count). The van der Waals surface area contributed by atoms with E-state index in [9.17, 15) is 8.42 Å². The molecule has 21 heavy (non-hydrogen) atoms. The number of hydrogen-bond donors (Lipinski definition) is 1. The Morgan fingerprint density at radius 3 is 2.48 bits per heavy atom. The third kappa shape index (κ3) is 8.02. The van der Waals surface area contributed by atoms with Crippen LogP contribution in [0.15, 0.2) is 18.3 Å². The molecule has 0 fully saturated rings. The molecule has 120 valence electrons. The van der Waals surface area contributed by atoms with Crippen molar-refractivity contribution >= 4 is 9.84 Å². The maximum atomic E-state index is 11.6. The molecule has 0 atom stereocenters. The molecule has 0 saturated carbocycles. The van der Waals surface area contributed by atoms with Crippen molar-refractivity contribution < 1.29 is 13.2 Å². The Labute approximate surface area is 128 Å². The highest BCUT2D eigenvalue weighted by Gasteiger charge is 2.10. The van der Waals surface area contributed by atoms with E-state index in [4.69, 9.17) is 4.74 Å². The van der Waals surface area contributed by atoms with Crippen LogP contribution in [0, 0.1) is 0 Å². The number of rotatable bonds is 8. The van der Waals surface area contributed by atoms with Gasteiger partial charge in [-0.2, -0.15) is 0 Å². The number of ether oxygens (including phenoxy) is 1. The normalized spacial score (nSPS) is 12.4. The Bertz CT molecular complexity index is 519. The number of nitrogens with one attached hydrogen (secondary N) is 1. The van der Waals surface area contributed by atoms with Gasteiger partial charge in [0.2, 0.25) is 0 Å². The molecule has 0 spiro atoms. The standard InChI is InChI=1S/C15H26N2O3S/c1-5-9-21(18,19)10-8-20-14-7-6-13(16-12-14)11-17-15(2,3)4/h6-7,12,17H,5,8-11H2,1-4H3. The molecule has 0 saturated heterocycles. The van der Waals surface area contributed by atoms with Gasteiger partial charge in [-0.15, -0.1) is 0 Å². The van der Waals surface area contributed by atoms with Crippen molar-refractivity contribution in [2.75, 3.05) is 18.1 Å². The average molecular weight is 314 g/mol. The molecular weight excluding hydrogens is 288 g/mol. The Hall–Kier alpha value is -1.14. The van der Waals surface area contributed by atoms with Crippen LogP contribution in [-0.4, -0.2) is 37.1 Å². The zero-order valence-electron chi connectivity index (χ0n) is 13.3. The van der Waals surface area contributed by atoms with Crippen LogP contribution in [0.2, 0.25) is 0 Å². The summed E-state index contributed by atoms with van der Waals surface area (Å²) in [5.74, 6) is 0.862. The Kier molecular flexibility index (Phi) is 6.61. The number of sulfone groups is 1. The van der Waals surface area contributed by atoms with E-state index in [2.05, 4.69) is 31.1 Å². The molecule has 0 unspecified atom stereocenters. The SMILES string of the molecule is CCCS(=O)(=O)CCOc1ccc(CNC(C)(C)C)nc1. The summed E-state index contributed by atoms with van der Waals surface area (Å²) in [6.45, 7) is 9.01. The first-order chi connectivity index (χ1) is 9.72. The molecule has 0 aliphatic carbocycles. The second-order valence-corrected chi connectivity index (χ2v) is 8.39. The summed E-state index contributed by atoms with van der Waals surface area (Å²) in [4.78, 5) is 4.30. The first kappa shape index (κ1) is 17.9. The summed E-state index contributed by atoms with van der Waals surface area (Å²) in [7, 11) is -2.99. The van der Waals surface area contributed by atoms with Crippen LogP contribution < -0.4 is 10.1 Å². The molecule has 0 aliphatic heterocycles. The van der Waals surface area contributed by atoms with Crippen LogP contribution in [0.4, 0.5) is 0 Å². The summed E-state index contributed by atoms with van der Waals surface area (Å²) in [6.07, 6.45) is 2.27. The van der Waals surface area contributed by atoms with Crippen LogP contribution in [0.1, 0.15) is 39.8 Å². The van der Waals surface area contributed by atoms with Crippen molar-refractivity contribution in [2.45, 2.75) is 46.2 Å². The number of aromatic nitrogens is 1. The molecule has 0 bridgehead atoms. The van der Waals surface area contributed by atoms with E-state index in [0.29, 0.717) is 18.7 Å². The minimum absolute atomic E-state index is 0.0461. The first-order valence-corrected chi connectivity index (χ1v) is 9.07. The quantitative estimate of drug-likeness (QED) is 0.796. The third-order valence-electron chi connectivity index (χ3n) is 2.78. The molecule has 0 radical (unpaired) electrons. The van der Waals surface area contributed by atoms with Crippen LogP contribution in [0.3, 0.4) is 0 Å². The van der Waals surface area contributed by atoms with E-state index < -0.39 is 9.84 Å². The molecule has 6 heteroatoms. The third-order valence-corrected chi connectivity index (χ3v) is 4.59. The fourth-order valence-corrected chi connectivity index (χ4v) is 2.82. The Morgan fingerprint density at radius 2 is 1.95 bits per heavy atom. The maximum absolute atomic E-state index is 11.6. The molecule has 1 N–H and O–H groups in total. The Morgan fingerprint density at radius 1 is 1.24 bits per heavy atom. The monoisotopic (exact) mass is 314 g/mol. The summed E-state index contributed by atoms with van der Waals surface area (Å²) < 4.78 is 28.5. The lowest BCUT2D eigenvalue weighted by Crippen LogP contribution is -2.35. The number of nitrogens with zero attached hydrogens (tertiary/aromatic N) is 1. The number of hydrogen-bond acceptors (Lipinski definition) is 5. The van der Waals surface area contributed by atoms with Crippen LogP contribution in [-0.2, 0) is 16.4 Å². The van der Waals surface area contributed by atoms with E-state index in [1.54, 1.807) is 6.20 Å². The largest absolute Gasteiger partial charge is 0.491 e. The summed E-state index contributed by atoms with van der Waals surface area (Å²) in [6, 6.07) is 3.70. The number of pyridine rings is 1. The lowest BCUT2D eigenvalue weighted by molar-refractivity contribution is 0.339. The molecule has 1 aromatic heterocycles. The molecular formula is C15H26N2O3S. The van der Waals surface area contributed by atoms with Gasteiger partial charge < -0.3 is 10.1 Å². The van der Waals surface area contributed by atoms with Gasteiger partial charge in [0.1, 0.15) is 12.4 Å². The van der Waals surface area contributed by atoms with Gasteiger partial charge in [-0.05, 0) is 39.3 Å². The van der Waals surface area contributed by atoms with Gasteiger partial charge in [-0.3, -0.25) is 4.98 Å². The van der Waals surface area contributed by atoms with Gasteiger partial charge in [0.25, 0.3) is 0 Å². The van der Waals surface area contributed by atoms with Gasteiger partial charge in [-0.1, -0.05) is 6.92 Å². The van der Waals surface area contributed by atoms with Gasteiger partial charge >= 0.3 is 0 Å². The van der Waals surface area contributed by atoms with Gasteiger partial charge in [0.15, 0.2) is 9.84 Å². The van der Waals surface area contributed by atoms with Crippen LogP contribution in [0.25, 0.3) is 0 Å². The van der Waals surface area contributed by atoms with E-state index in [0.717, 1.165) is 5.69 Å². The molecule has 0 amide bonds. The average Bonchev–Trinajstić information content (AvgIpc) is 2.36. The van der Waals surface area contributed by atoms with Gasteiger partial charge in [-0.25, -0.2) is 8.42 Å². The summed E-state index contributed by atoms with van der Waals surface area (Å²) in [5, 5.41) is 3.35. The van der Waals surface area contributed by atoms with E-state index in [-0.39, 0.29) is 23.7 Å². The topological polar surface area (TPSA) is 68.3 Å². The maximum Gasteiger partial charge on any atom is 0.153 e. The van der Waals surface area contributed by atoms with Crippen molar-refractivity contribution in [1.82, 2.24) is 10.3 Å². The predicted octanol–water partition coefficient (Wildman–Crippen LogP) is 2.17. The van der Waals surface area contributed by atoms with Crippen molar-refractivity contribution in [3.8, 4) is 5.75 Å². The second kappa shape index (κ2) is 7.75. The molecule has 5 nitrogen and oxygen atoms in total. The lowest BCUT2D eigenvalue weighted by atomic mass is 10.1. The fraction of sp³-hybridized carbons (Fsp3) is 0.667. The zero-order chi connectivity index (χ0) is 15.9.